The molecule has 0 fully saturated rings. The molecule has 0 aliphatic rings. The zero-order valence-electron chi connectivity index (χ0n) is 20.9. The molecule has 0 aromatic heterocycles. The van der Waals surface area contributed by atoms with E-state index in [1.54, 1.807) is 56.7 Å². The van der Waals surface area contributed by atoms with Crippen LogP contribution in [0.2, 0.25) is 0 Å². The van der Waals surface area contributed by atoms with E-state index in [1.165, 1.54) is 12.1 Å². The van der Waals surface area contributed by atoms with E-state index in [0.717, 1.165) is 15.4 Å². The minimum Gasteiger partial charge on any atom is -0.493 e. The number of carbonyl (C=O) groups is 1. The molecular formula is C27H31N3O5S. The Morgan fingerprint density at radius 1 is 0.917 bits per heavy atom. The Bertz CT molecular complexity index is 1320. The minimum atomic E-state index is -4.00. The Hall–Kier alpha value is -3.85. The molecule has 0 unspecified atom stereocenters. The highest BCUT2D eigenvalue weighted by molar-refractivity contribution is 7.92. The van der Waals surface area contributed by atoms with E-state index in [-0.39, 0.29) is 4.90 Å². The number of sulfonamides is 1. The highest BCUT2D eigenvalue weighted by atomic mass is 32.2. The van der Waals surface area contributed by atoms with Gasteiger partial charge < -0.3 is 9.47 Å². The van der Waals surface area contributed by atoms with Crippen LogP contribution in [-0.4, -0.2) is 40.8 Å². The van der Waals surface area contributed by atoms with Crippen LogP contribution in [0.5, 0.6) is 11.5 Å². The van der Waals surface area contributed by atoms with Gasteiger partial charge in [-0.15, -0.1) is 0 Å². The lowest BCUT2D eigenvalue weighted by atomic mass is 10.1. The number of carbonyl (C=O) groups excluding carboxylic acids is 1. The van der Waals surface area contributed by atoms with E-state index in [2.05, 4.69) is 10.5 Å². The topological polar surface area (TPSA) is 97.3 Å². The van der Waals surface area contributed by atoms with E-state index < -0.39 is 22.5 Å². The Morgan fingerprint density at radius 2 is 1.58 bits per heavy atom. The van der Waals surface area contributed by atoms with Crippen molar-refractivity contribution < 1.29 is 22.7 Å². The third kappa shape index (κ3) is 6.04. The summed E-state index contributed by atoms with van der Waals surface area (Å²) < 4.78 is 38.9. The van der Waals surface area contributed by atoms with Gasteiger partial charge in [0.25, 0.3) is 15.9 Å². The first kappa shape index (κ1) is 26.7. The molecule has 0 spiro atoms. The largest absolute Gasteiger partial charge is 0.493 e. The summed E-state index contributed by atoms with van der Waals surface area (Å²) in [5.41, 5.74) is 5.16. The number of nitrogens with one attached hydrogen (secondary N) is 1. The molecule has 3 aromatic carbocycles. The van der Waals surface area contributed by atoms with Crippen molar-refractivity contribution in [3.8, 4) is 11.5 Å². The molecule has 0 aliphatic heterocycles. The monoisotopic (exact) mass is 509 g/mol. The van der Waals surface area contributed by atoms with Gasteiger partial charge in [0.2, 0.25) is 0 Å². The Balaban J connectivity index is 1.92. The predicted octanol–water partition coefficient (Wildman–Crippen LogP) is 4.39. The summed E-state index contributed by atoms with van der Waals surface area (Å²) in [6, 6.07) is 20.6. The van der Waals surface area contributed by atoms with Crippen molar-refractivity contribution in [3.05, 3.63) is 83.9 Å². The number of amides is 1. The third-order valence-electron chi connectivity index (χ3n) is 5.63. The van der Waals surface area contributed by atoms with Crippen LogP contribution in [0.1, 0.15) is 31.4 Å². The molecule has 8 nitrogen and oxygen atoms in total. The molecule has 0 bridgehead atoms. The molecule has 0 saturated heterocycles. The smallest absolute Gasteiger partial charge is 0.264 e. The van der Waals surface area contributed by atoms with Crippen molar-refractivity contribution in [2.45, 2.75) is 31.6 Å². The number of hydrazone groups is 1. The fourth-order valence-electron chi connectivity index (χ4n) is 3.73. The molecule has 0 saturated carbocycles. The average Bonchev–Trinajstić information content (AvgIpc) is 2.92. The van der Waals surface area contributed by atoms with Crippen LogP contribution in [0.3, 0.4) is 0 Å². The van der Waals surface area contributed by atoms with Gasteiger partial charge >= 0.3 is 0 Å². The molecule has 190 valence electrons. The highest BCUT2D eigenvalue weighted by Gasteiger charge is 2.28. The quantitative estimate of drug-likeness (QED) is 0.305. The van der Waals surface area contributed by atoms with Gasteiger partial charge in [0.1, 0.15) is 6.54 Å². The lowest BCUT2D eigenvalue weighted by molar-refractivity contribution is -0.119. The molecule has 3 aromatic rings. The molecule has 0 radical (unpaired) electrons. The number of nitrogens with zero attached hydrogens (tertiary/aromatic N) is 2. The van der Waals surface area contributed by atoms with Crippen LogP contribution in [-0.2, 0) is 21.2 Å². The van der Waals surface area contributed by atoms with Crippen molar-refractivity contribution in [1.29, 1.82) is 0 Å². The van der Waals surface area contributed by atoms with E-state index in [9.17, 15) is 13.2 Å². The minimum absolute atomic E-state index is 0.104. The first-order valence-electron chi connectivity index (χ1n) is 11.6. The highest BCUT2D eigenvalue weighted by Crippen LogP contribution is 2.29. The molecule has 1 amide bonds. The standard InChI is InChI=1S/C27H31N3O5S/c1-5-20-12-10-11-15-24(20)30(36(32,33)22-13-8-7-9-14-22)19-27(31)29-28-23(6-2)21-16-17-25(34-3)26(18-21)35-4/h7-18H,5-6,19H2,1-4H3,(H,29,31)/b28-23-. The zero-order chi connectivity index (χ0) is 26.1. The van der Waals surface area contributed by atoms with Crippen LogP contribution in [0.15, 0.2) is 82.8 Å². The zero-order valence-corrected chi connectivity index (χ0v) is 21.7. The van der Waals surface area contributed by atoms with Gasteiger partial charge in [0.15, 0.2) is 11.5 Å². The van der Waals surface area contributed by atoms with Crippen LogP contribution in [0.4, 0.5) is 5.69 Å². The first-order chi connectivity index (χ1) is 17.3. The number of hydrogen-bond donors (Lipinski definition) is 1. The average molecular weight is 510 g/mol. The van der Waals surface area contributed by atoms with Gasteiger partial charge in [-0.3, -0.25) is 9.10 Å². The molecule has 36 heavy (non-hydrogen) atoms. The lowest BCUT2D eigenvalue weighted by Crippen LogP contribution is -2.40. The fraction of sp³-hybridized carbons (Fsp3) is 0.259. The van der Waals surface area contributed by atoms with Crippen molar-refractivity contribution in [2.24, 2.45) is 5.10 Å². The van der Waals surface area contributed by atoms with Crippen molar-refractivity contribution in [1.82, 2.24) is 5.43 Å². The predicted molar refractivity (Wildman–Crippen MR) is 141 cm³/mol. The molecule has 0 heterocycles. The van der Waals surface area contributed by atoms with Crippen molar-refractivity contribution in [3.63, 3.8) is 0 Å². The lowest BCUT2D eigenvalue weighted by Gasteiger charge is -2.25. The number of rotatable bonds is 11. The van der Waals surface area contributed by atoms with Gasteiger partial charge in [-0.05, 0) is 54.8 Å². The Kier molecular flexibility index (Phi) is 9.08. The number of anilines is 1. The van der Waals surface area contributed by atoms with Crippen molar-refractivity contribution >= 4 is 27.3 Å². The van der Waals surface area contributed by atoms with Gasteiger partial charge in [0.05, 0.1) is 30.5 Å². The molecule has 1 N–H and O–H groups in total. The second-order valence-corrected chi connectivity index (χ2v) is 9.69. The maximum Gasteiger partial charge on any atom is 0.264 e. The number of hydrogen-bond acceptors (Lipinski definition) is 6. The normalized spacial score (nSPS) is 11.6. The number of ether oxygens (including phenoxy) is 2. The van der Waals surface area contributed by atoms with Crippen LogP contribution in [0.25, 0.3) is 0 Å². The number of benzene rings is 3. The van der Waals surface area contributed by atoms with E-state index in [0.29, 0.717) is 35.7 Å². The third-order valence-corrected chi connectivity index (χ3v) is 7.40. The summed E-state index contributed by atoms with van der Waals surface area (Å²) >= 11 is 0. The maximum absolute atomic E-state index is 13.6. The van der Waals surface area contributed by atoms with Gasteiger partial charge in [-0.1, -0.05) is 50.2 Å². The summed E-state index contributed by atoms with van der Waals surface area (Å²) in [7, 11) is -0.903. The van der Waals surface area contributed by atoms with Crippen LogP contribution < -0.4 is 19.2 Å². The summed E-state index contributed by atoms with van der Waals surface area (Å²) in [4.78, 5) is 13.1. The van der Waals surface area contributed by atoms with Gasteiger partial charge in [0, 0.05) is 5.56 Å². The number of aryl methyl sites for hydroxylation is 1. The molecule has 0 atom stereocenters. The Morgan fingerprint density at radius 3 is 2.22 bits per heavy atom. The summed E-state index contributed by atoms with van der Waals surface area (Å²) in [5.74, 6) is 0.558. The first-order valence-corrected chi connectivity index (χ1v) is 13.0. The number of para-hydroxylation sites is 1. The molecular weight excluding hydrogens is 478 g/mol. The molecule has 9 heteroatoms. The number of methoxy groups -OCH3 is 2. The summed E-state index contributed by atoms with van der Waals surface area (Å²) in [6.45, 7) is 3.42. The summed E-state index contributed by atoms with van der Waals surface area (Å²) in [6.07, 6.45) is 1.14. The van der Waals surface area contributed by atoms with E-state index >= 15 is 0 Å². The van der Waals surface area contributed by atoms with Gasteiger partial charge in [-0.2, -0.15) is 5.10 Å². The van der Waals surface area contributed by atoms with Crippen molar-refractivity contribution in [2.75, 3.05) is 25.1 Å². The fourth-order valence-corrected chi connectivity index (χ4v) is 5.21. The molecule has 3 rings (SSSR count). The molecule has 0 aliphatic carbocycles. The summed E-state index contributed by atoms with van der Waals surface area (Å²) in [5, 5.41) is 4.29. The Labute approximate surface area is 212 Å². The van der Waals surface area contributed by atoms with Crippen LogP contribution in [0, 0.1) is 0 Å². The van der Waals surface area contributed by atoms with Gasteiger partial charge in [-0.25, -0.2) is 13.8 Å². The maximum atomic E-state index is 13.6. The van der Waals surface area contributed by atoms with E-state index in [1.807, 2.05) is 32.0 Å². The second-order valence-electron chi connectivity index (χ2n) is 7.82. The SMILES string of the molecule is CC/C(=N/NC(=O)CN(c1ccccc1CC)S(=O)(=O)c1ccccc1)c1ccc(OC)c(OC)c1. The van der Waals surface area contributed by atoms with E-state index in [4.69, 9.17) is 9.47 Å². The van der Waals surface area contributed by atoms with Crippen LogP contribution >= 0.6 is 0 Å². The second kappa shape index (κ2) is 12.2.